The number of anilines is 3. The Hall–Kier alpha value is -3.94. The molecular weight excluding hydrogens is 357 g/mol. The zero-order valence-corrected chi connectivity index (χ0v) is 14.9. The molecule has 4 aromatic heterocycles. The van der Waals surface area contributed by atoms with Crippen molar-refractivity contribution in [1.29, 1.82) is 0 Å². The highest BCUT2D eigenvalue weighted by molar-refractivity contribution is 6.04. The van der Waals surface area contributed by atoms with Gasteiger partial charge < -0.3 is 11.1 Å². The molecule has 0 saturated carbocycles. The molecule has 4 heterocycles. The summed E-state index contributed by atoms with van der Waals surface area (Å²) in [5, 5.41) is 15.2. The van der Waals surface area contributed by atoms with Crippen LogP contribution >= 0.6 is 0 Å². The second-order valence-corrected chi connectivity index (χ2v) is 6.56. The van der Waals surface area contributed by atoms with Gasteiger partial charge in [0.1, 0.15) is 11.5 Å². The van der Waals surface area contributed by atoms with Crippen molar-refractivity contribution in [3.8, 4) is 11.1 Å². The quantitative estimate of drug-likeness (QED) is 0.443. The molecule has 7 nitrogen and oxygen atoms in total. The second-order valence-electron chi connectivity index (χ2n) is 6.56. The lowest BCUT2D eigenvalue weighted by molar-refractivity contribution is 0.624. The second kappa shape index (κ2) is 6.05. The third kappa shape index (κ3) is 2.46. The van der Waals surface area contributed by atoms with E-state index in [1.807, 2.05) is 18.3 Å². The van der Waals surface area contributed by atoms with Crippen LogP contribution in [0.2, 0.25) is 0 Å². The lowest BCUT2D eigenvalue weighted by atomic mass is 9.95. The van der Waals surface area contributed by atoms with Gasteiger partial charge in [-0.1, -0.05) is 0 Å². The molecule has 0 aliphatic rings. The van der Waals surface area contributed by atoms with E-state index in [9.17, 15) is 0 Å². The molecule has 0 aliphatic carbocycles. The molecule has 0 atom stereocenters. The highest BCUT2D eigenvalue weighted by atomic mass is 19.1. The number of nitrogens with zero attached hydrogens (tertiary/aromatic N) is 4. The number of nitrogens with two attached hydrogens (primary N) is 1. The monoisotopic (exact) mass is 373 g/mol. The van der Waals surface area contributed by atoms with Gasteiger partial charge in [-0.25, -0.2) is 8.91 Å². The number of aromatic nitrogens is 5. The summed E-state index contributed by atoms with van der Waals surface area (Å²) in [7, 11) is 0. The molecule has 0 fully saturated rings. The number of rotatable bonds is 3. The number of halogens is 1. The van der Waals surface area contributed by atoms with Crippen molar-refractivity contribution in [2.45, 2.75) is 6.92 Å². The summed E-state index contributed by atoms with van der Waals surface area (Å²) in [5.41, 5.74) is 10.5. The third-order valence-corrected chi connectivity index (χ3v) is 4.80. The van der Waals surface area contributed by atoms with Crippen LogP contribution in [0.3, 0.4) is 0 Å². The fraction of sp³-hybridized carbons (Fsp3) is 0.0500. The van der Waals surface area contributed by atoms with E-state index in [2.05, 4.69) is 25.6 Å². The first-order valence-corrected chi connectivity index (χ1v) is 8.69. The van der Waals surface area contributed by atoms with Gasteiger partial charge in [0.05, 0.1) is 17.2 Å². The van der Waals surface area contributed by atoms with Crippen molar-refractivity contribution in [2.24, 2.45) is 0 Å². The maximum Gasteiger partial charge on any atom is 0.152 e. The first-order chi connectivity index (χ1) is 13.6. The third-order valence-electron chi connectivity index (χ3n) is 4.80. The maximum absolute atomic E-state index is 15.4. The van der Waals surface area contributed by atoms with Gasteiger partial charge in [0, 0.05) is 35.7 Å². The summed E-state index contributed by atoms with van der Waals surface area (Å²) in [5.74, 6) is 0.0990. The van der Waals surface area contributed by atoms with Gasteiger partial charge in [-0.05, 0) is 47.9 Å². The van der Waals surface area contributed by atoms with E-state index >= 15 is 4.39 Å². The number of pyridine rings is 2. The van der Waals surface area contributed by atoms with Crippen molar-refractivity contribution >= 4 is 33.6 Å². The minimum Gasteiger partial charge on any atom is -0.382 e. The smallest absolute Gasteiger partial charge is 0.152 e. The molecule has 8 heteroatoms. The molecule has 4 N–H and O–H groups in total. The molecule has 0 radical (unpaired) electrons. The van der Waals surface area contributed by atoms with E-state index in [4.69, 9.17) is 5.73 Å². The molecule has 0 amide bonds. The van der Waals surface area contributed by atoms with Crippen LogP contribution in [0.5, 0.6) is 0 Å². The molecule has 0 bridgehead atoms. The van der Waals surface area contributed by atoms with Gasteiger partial charge in [-0.2, -0.15) is 10.2 Å². The number of fused-ring (bicyclic) bond motifs is 2. The van der Waals surface area contributed by atoms with E-state index < -0.39 is 0 Å². The normalized spacial score (nSPS) is 11.4. The van der Waals surface area contributed by atoms with Crippen LogP contribution in [0.4, 0.5) is 21.6 Å². The van der Waals surface area contributed by atoms with Crippen molar-refractivity contribution in [3.63, 3.8) is 0 Å². The molecule has 1 aromatic carbocycles. The van der Waals surface area contributed by atoms with Crippen molar-refractivity contribution in [1.82, 2.24) is 24.8 Å². The zero-order valence-electron chi connectivity index (χ0n) is 14.9. The van der Waals surface area contributed by atoms with Crippen LogP contribution in [-0.4, -0.2) is 24.8 Å². The lowest BCUT2D eigenvalue weighted by Crippen LogP contribution is -2.00. The Morgan fingerprint density at radius 2 is 2.00 bits per heavy atom. The first-order valence-electron chi connectivity index (χ1n) is 8.69. The molecule has 0 aliphatic heterocycles. The summed E-state index contributed by atoms with van der Waals surface area (Å²) >= 11 is 0. The largest absolute Gasteiger partial charge is 0.382 e. The Morgan fingerprint density at radius 1 is 1.18 bits per heavy atom. The van der Waals surface area contributed by atoms with E-state index in [1.165, 1.54) is 0 Å². The molecule has 28 heavy (non-hydrogen) atoms. The average molecular weight is 373 g/mol. The standard InChI is InChI=1S/C20H16FN7/c1-11-17(12-4-7-28-14(8-12)9-16(22)27-28)15-10-24-26-19(15)20(18(11)21)25-13-2-5-23-6-3-13/h2-10H,1H3,(H2,22,27)(H,23,25)(H,24,26). The minimum atomic E-state index is -0.337. The van der Waals surface area contributed by atoms with Crippen molar-refractivity contribution in [3.05, 3.63) is 66.5 Å². The van der Waals surface area contributed by atoms with Gasteiger partial charge in [0.15, 0.2) is 5.82 Å². The van der Waals surface area contributed by atoms with Crippen LogP contribution in [0, 0.1) is 12.7 Å². The van der Waals surface area contributed by atoms with Gasteiger partial charge in [-0.15, -0.1) is 0 Å². The predicted octanol–water partition coefficient (Wildman–Crippen LogP) is 4.05. The molecule has 0 unspecified atom stereocenters. The van der Waals surface area contributed by atoms with Crippen molar-refractivity contribution in [2.75, 3.05) is 11.1 Å². The number of aromatic amines is 1. The number of benzene rings is 1. The lowest BCUT2D eigenvalue weighted by Gasteiger charge is -2.15. The van der Waals surface area contributed by atoms with Gasteiger partial charge in [-0.3, -0.25) is 10.1 Å². The summed E-state index contributed by atoms with van der Waals surface area (Å²) in [6, 6.07) is 9.17. The summed E-state index contributed by atoms with van der Waals surface area (Å²) in [6.07, 6.45) is 6.83. The van der Waals surface area contributed by atoms with Gasteiger partial charge in [0.25, 0.3) is 0 Å². The Kier molecular flexibility index (Phi) is 3.51. The van der Waals surface area contributed by atoms with E-state index in [-0.39, 0.29) is 5.82 Å². The first kappa shape index (κ1) is 16.2. The Bertz CT molecular complexity index is 1320. The molecule has 5 rings (SSSR count). The SMILES string of the molecule is Cc1c(F)c(Nc2ccncc2)c2[nH]ncc2c1-c1ccn2nc(N)cc2c1. The number of H-pyrrole nitrogens is 1. The fourth-order valence-corrected chi connectivity index (χ4v) is 3.51. The van der Waals surface area contributed by atoms with Crippen LogP contribution in [0.15, 0.2) is 55.1 Å². The maximum atomic E-state index is 15.4. The number of nitrogen functional groups attached to an aromatic ring is 1. The molecule has 0 saturated heterocycles. The van der Waals surface area contributed by atoms with Crippen LogP contribution in [-0.2, 0) is 0 Å². The summed E-state index contributed by atoms with van der Waals surface area (Å²) in [6.45, 7) is 1.77. The summed E-state index contributed by atoms with van der Waals surface area (Å²) < 4.78 is 17.1. The Balaban J connectivity index is 1.73. The van der Waals surface area contributed by atoms with Gasteiger partial charge >= 0.3 is 0 Å². The molecular formula is C20H16FN7. The van der Waals surface area contributed by atoms with E-state index in [1.54, 1.807) is 48.2 Å². The number of nitrogens with one attached hydrogen (secondary N) is 2. The number of hydrogen-bond donors (Lipinski definition) is 3. The van der Waals surface area contributed by atoms with Crippen molar-refractivity contribution < 1.29 is 4.39 Å². The van der Waals surface area contributed by atoms with Gasteiger partial charge in [0.2, 0.25) is 0 Å². The average Bonchev–Trinajstić information content (AvgIpc) is 3.31. The van der Waals surface area contributed by atoms with E-state index in [0.29, 0.717) is 22.6 Å². The zero-order chi connectivity index (χ0) is 19.3. The van der Waals surface area contributed by atoms with Crippen LogP contribution in [0.25, 0.3) is 27.5 Å². The highest BCUT2D eigenvalue weighted by Crippen LogP contribution is 2.39. The number of hydrogen-bond acceptors (Lipinski definition) is 5. The Labute approximate surface area is 159 Å². The summed E-state index contributed by atoms with van der Waals surface area (Å²) in [4.78, 5) is 3.99. The van der Waals surface area contributed by atoms with Crippen LogP contribution in [0.1, 0.15) is 5.56 Å². The topological polar surface area (TPSA) is 96.9 Å². The van der Waals surface area contributed by atoms with E-state index in [0.717, 1.165) is 27.7 Å². The fourth-order valence-electron chi connectivity index (χ4n) is 3.51. The molecule has 5 aromatic rings. The minimum absolute atomic E-state index is 0.337. The highest BCUT2D eigenvalue weighted by Gasteiger charge is 2.20. The Morgan fingerprint density at radius 3 is 2.82 bits per heavy atom. The molecule has 138 valence electrons. The predicted molar refractivity (Wildman–Crippen MR) is 107 cm³/mol. The molecule has 0 spiro atoms. The van der Waals surface area contributed by atoms with Crippen LogP contribution < -0.4 is 11.1 Å².